The van der Waals surface area contributed by atoms with Crippen LogP contribution in [0.5, 0.6) is 0 Å². The zero-order chi connectivity index (χ0) is 13.2. The summed E-state index contributed by atoms with van der Waals surface area (Å²) in [5, 5.41) is 11.9. The molecule has 0 bridgehead atoms. The number of hydrogen-bond acceptors (Lipinski definition) is 4. The topological polar surface area (TPSA) is 63.1 Å². The maximum atomic E-state index is 11.1. The standard InChI is InChI=1S/C13H14N2O2S/c1-13(2,12(16)17)7-11-15-10(8-18-11)9-3-5-14-6-4-9/h3-6,8H,7H2,1-2H3,(H,16,17). The van der Waals surface area contributed by atoms with E-state index in [1.54, 1.807) is 26.2 Å². The highest BCUT2D eigenvalue weighted by molar-refractivity contribution is 7.10. The Morgan fingerprint density at radius 1 is 1.39 bits per heavy atom. The Morgan fingerprint density at radius 3 is 2.67 bits per heavy atom. The highest BCUT2D eigenvalue weighted by Gasteiger charge is 2.28. The normalized spacial score (nSPS) is 11.4. The Balaban J connectivity index is 2.19. The van der Waals surface area contributed by atoms with Gasteiger partial charge in [0.15, 0.2) is 0 Å². The molecule has 0 spiro atoms. The van der Waals surface area contributed by atoms with E-state index in [1.807, 2.05) is 17.5 Å². The van der Waals surface area contributed by atoms with Crippen molar-refractivity contribution in [2.45, 2.75) is 20.3 Å². The Morgan fingerprint density at radius 2 is 2.06 bits per heavy atom. The Kier molecular flexibility index (Phi) is 3.43. The van der Waals surface area contributed by atoms with E-state index in [1.165, 1.54) is 11.3 Å². The van der Waals surface area contributed by atoms with Crippen molar-refractivity contribution in [3.8, 4) is 11.3 Å². The van der Waals surface area contributed by atoms with Crippen LogP contribution in [-0.4, -0.2) is 21.0 Å². The maximum Gasteiger partial charge on any atom is 0.309 e. The lowest BCUT2D eigenvalue weighted by Gasteiger charge is -2.16. The van der Waals surface area contributed by atoms with Gasteiger partial charge in [-0.15, -0.1) is 11.3 Å². The van der Waals surface area contributed by atoms with Crippen molar-refractivity contribution in [3.05, 3.63) is 34.9 Å². The van der Waals surface area contributed by atoms with Gasteiger partial charge in [0.25, 0.3) is 0 Å². The first-order valence-electron chi connectivity index (χ1n) is 5.57. The van der Waals surface area contributed by atoms with E-state index >= 15 is 0 Å². The smallest absolute Gasteiger partial charge is 0.309 e. The number of carbonyl (C=O) groups is 1. The van der Waals surface area contributed by atoms with E-state index in [4.69, 9.17) is 5.11 Å². The molecule has 5 heteroatoms. The lowest BCUT2D eigenvalue weighted by molar-refractivity contribution is -0.146. The summed E-state index contributed by atoms with van der Waals surface area (Å²) in [5.41, 5.74) is 1.09. The molecule has 1 N–H and O–H groups in total. The number of rotatable bonds is 4. The summed E-state index contributed by atoms with van der Waals surface area (Å²) in [6, 6.07) is 3.78. The largest absolute Gasteiger partial charge is 0.481 e. The molecule has 2 rings (SSSR count). The van der Waals surface area contributed by atoms with Crippen LogP contribution in [-0.2, 0) is 11.2 Å². The number of aromatic nitrogens is 2. The number of hydrogen-bond donors (Lipinski definition) is 1. The number of pyridine rings is 1. The molecule has 0 aromatic carbocycles. The second kappa shape index (κ2) is 4.86. The Hall–Kier alpha value is -1.75. The number of thiazole rings is 1. The molecule has 0 unspecified atom stereocenters. The van der Waals surface area contributed by atoms with E-state index in [0.29, 0.717) is 6.42 Å². The van der Waals surface area contributed by atoms with Gasteiger partial charge in [-0.25, -0.2) is 4.98 Å². The van der Waals surface area contributed by atoms with Crippen LogP contribution in [0.25, 0.3) is 11.3 Å². The van der Waals surface area contributed by atoms with Gasteiger partial charge in [-0.1, -0.05) is 0 Å². The number of carboxylic acid groups (broad SMARTS) is 1. The number of nitrogens with zero attached hydrogens (tertiary/aromatic N) is 2. The van der Waals surface area contributed by atoms with Crippen molar-refractivity contribution >= 4 is 17.3 Å². The number of carboxylic acids is 1. The lowest BCUT2D eigenvalue weighted by Crippen LogP contribution is -2.26. The van der Waals surface area contributed by atoms with Crippen LogP contribution in [0.15, 0.2) is 29.9 Å². The summed E-state index contributed by atoms with van der Waals surface area (Å²) in [5.74, 6) is -0.803. The summed E-state index contributed by atoms with van der Waals surface area (Å²) in [4.78, 5) is 19.5. The van der Waals surface area contributed by atoms with E-state index in [2.05, 4.69) is 9.97 Å². The van der Waals surface area contributed by atoms with Crippen molar-refractivity contribution < 1.29 is 9.90 Å². The molecular weight excluding hydrogens is 248 g/mol. The van der Waals surface area contributed by atoms with Crippen molar-refractivity contribution in [2.24, 2.45) is 5.41 Å². The zero-order valence-electron chi connectivity index (χ0n) is 10.3. The first kappa shape index (κ1) is 12.7. The van der Waals surface area contributed by atoms with Gasteiger partial charge in [0.2, 0.25) is 0 Å². The van der Waals surface area contributed by atoms with Gasteiger partial charge in [0, 0.05) is 29.8 Å². The van der Waals surface area contributed by atoms with Crippen LogP contribution >= 0.6 is 11.3 Å². The molecule has 0 aliphatic rings. The van der Waals surface area contributed by atoms with Crippen LogP contribution in [0.1, 0.15) is 18.9 Å². The van der Waals surface area contributed by atoms with Crippen LogP contribution in [0, 0.1) is 5.41 Å². The molecule has 0 amide bonds. The molecule has 94 valence electrons. The average Bonchev–Trinajstić information content (AvgIpc) is 2.78. The third kappa shape index (κ3) is 2.73. The van der Waals surface area contributed by atoms with Gasteiger partial charge in [0.1, 0.15) is 0 Å². The molecule has 0 aliphatic carbocycles. The fourth-order valence-corrected chi connectivity index (χ4v) is 2.53. The van der Waals surface area contributed by atoms with Crippen molar-refractivity contribution in [2.75, 3.05) is 0 Å². The maximum absolute atomic E-state index is 11.1. The Labute approximate surface area is 109 Å². The quantitative estimate of drug-likeness (QED) is 0.920. The fraction of sp³-hybridized carbons (Fsp3) is 0.308. The van der Waals surface area contributed by atoms with Gasteiger partial charge in [-0.3, -0.25) is 9.78 Å². The minimum absolute atomic E-state index is 0.443. The van der Waals surface area contributed by atoms with Crippen LogP contribution < -0.4 is 0 Å². The van der Waals surface area contributed by atoms with Gasteiger partial charge in [0.05, 0.1) is 16.1 Å². The summed E-state index contributed by atoms with van der Waals surface area (Å²) in [6.45, 7) is 3.42. The summed E-state index contributed by atoms with van der Waals surface area (Å²) in [6.07, 6.45) is 3.88. The average molecular weight is 262 g/mol. The molecule has 0 radical (unpaired) electrons. The van der Waals surface area contributed by atoms with Crippen molar-refractivity contribution in [1.29, 1.82) is 0 Å². The van der Waals surface area contributed by atoms with Gasteiger partial charge >= 0.3 is 5.97 Å². The molecule has 0 fully saturated rings. The highest BCUT2D eigenvalue weighted by atomic mass is 32.1. The number of aliphatic carboxylic acids is 1. The van der Waals surface area contributed by atoms with E-state index < -0.39 is 11.4 Å². The Bertz CT molecular complexity index is 549. The molecular formula is C13H14N2O2S. The first-order chi connectivity index (χ1) is 8.49. The van der Waals surface area contributed by atoms with E-state index in [9.17, 15) is 4.79 Å². The molecule has 4 nitrogen and oxygen atoms in total. The highest BCUT2D eigenvalue weighted by Crippen LogP contribution is 2.27. The van der Waals surface area contributed by atoms with Crippen molar-refractivity contribution in [1.82, 2.24) is 9.97 Å². The molecule has 2 heterocycles. The van der Waals surface area contributed by atoms with Gasteiger partial charge < -0.3 is 5.11 Å². The van der Waals surface area contributed by atoms with Gasteiger partial charge in [-0.05, 0) is 26.0 Å². The third-order valence-corrected chi connectivity index (χ3v) is 3.55. The summed E-state index contributed by atoms with van der Waals surface area (Å²) in [7, 11) is 0. The van der Waals surface area contributed by atoms with E-state index in [0.717, 1.165) is 16.3 Å². The van der Waals surface area contributed by atoms with Crippen LogP contribution in [0.4, 0.5) is 0 Å². The van der Waals surface area contributed by atoms with Crippen LogP contribution in [0.3, 0.4) is 0 Å². The zero-order valence-corrected chi connectivity index (χ0v) is 11.1. The lowest BCUT2D eigenvalue weighted by atomic mass is 9.90. The fourth-order valence-electron chi connectivity index (χ4n) is 1.50. The molecule has 0 aliphatic heterocycles. The second-order valence-electron chi connectivity index (χ2n) is 4.73. The molecule has 0 atom stereocenters. The van der Waals surface area contributed by atoms with Crippen molar-refractivity contribution in [3.63, 3.8) is 0 Å². The molecule has 2 aromatic rings. The first-order valence-corrected chi connectivity index (χ1v) is 6.45. The minimum Gasteiger partial charge on any atom is -0.481 e. The van der Waals surface area contributed by atoms with Gasteiger partial charge in [-0.2, -0.15) is 0 Å². The SMILES string of the molecule is CC(C)(Cc1nc(-c2ccncc2)cs1)C(=O)O. The summed E-state index contributed by atoms with van der Waals surface area (Å²) >= 11 is 1.49. The molecule has 18 heavy (non-hydrogen) atoms. The molecule has 0 saturated heterocycles. The predicted octanol–water partition coefficient (Wildman–Crippen LogP) is 2.86. The monoisotopic (exact) mass is 262 g/mol. The minimum atomic E-state index is -0.803. The third-order valence-electron chi connectivity index (χ3n) is 2.70. The van der Waals surface area contributed by atoms with E-state index in [-0.39, 0.29) is 0 Å². The predicted molar refractivity (Wildman–Crippen MR) is 70.5 cm³/mol. The molecule has 0 saturated carbocycles. The second-order valence-corrected chi connectivity index (χ2v) is 5.67. The molecule has 2 aromatic heterocycles. The van der Waals surface area contributed by atoms with Crippen LogP contribution in [0.2, 0.25) is 0 Å². The summed E-state index contributed by atoms with van der Waals surface area (Å²) < 4.78 is 0.